The van der Waals surface area contributed by atoms with Gasteiger partial charge in [-0.15, -0.1) is 11.3 Å². The van der Waals surface area contributed by atoms with Crippen molar-refractivity contribution in [2.24, 2.45) is 0 Å². The number of benzene rings is 1. The lowest BCUT2D eigenvalue weighted by atomic mass is 10.2. The second kappa shape index (κ2) is 8.78. The van der Waals surface area contributed by atoms with E-state index >= 15 is 0 Å². The molecule has 0 radical (unpaired) electrons. The van der Waals surface area contributed by atoms with Crippen LogP contribution in [0.5, 0.6) is 0 Å². The molecule has 0 aliphatic rings. The first-order chi connectivity index (χ1) is 12.2. The van der Waals surface area contributed by atoms with Crippen LogP contribution in [0.4, 0.5) is 0 Å². The number of amides is 1. The Balaban J connectivity index is 1.42. The van der Waals surface area contributed by atoms with Gasteiger partial charge in [-0.05, 0) is 18.9 Å². The van der Waals surface area contributed by atoms with Gasteiger partial charge in [-0.3, -0.25) is 4.79 Å². The molecule has 0 aliphatic carbocycles. The minimum Gasteiger partial charge on any atom is -0.356 e. The van der Waals surface area contributed by atoms with Gasteiger partial charge in [0.25, 0.3) is 0 Å². The maximum atomic E-state index is 12.0. The molecule has 0 aliphatic heterocycles. The van der Waals surface area contributed by atoms with E-state index in [9.17, 15) is 4.79 Å². The monoisotopic (exact) mass is 374 g/mol. The molecule has 3 aromatic rings. The SMILES string of the molecule is O=C(Cc1csc(-c2ccccc2Cl)n1)NCCCCn1ccnc1. The fourth-order valence-corrected chi connectivity index (χ4v) is 3.58. The fraction of sp³-hybridized carbons (Fsp3) is 0.278. The molecule has 0 bridgehead atoms. The number of aromatic nitrogens is 3. The van der Waals surface area contributed by atoms with Gasteiger partial charge in [0.05, 0.1) is 23.5 Å². The number of hydrogen-bond acceptors (Lipinski definition) is 4. The molecule has 1 N–H and O–H groups in total. The maximum absolute atomic E-state index is 12.0. The molecule has 2 aromatic heterocycles. The van der Waals surface area contributed by atoms with Crippen LogP contribution in [0.3, 0.4) is 0 Å². The maximum Gasteiger partial charge on any atom is 0.226 e. The van der Waals surface area contributed by atoms with Crippen LogP contribution in [0.2, 0.25) is 5.02 Å². The van der Waals surface area contributed by atoms with Gasteiger partial charge in [0, 0.05) is 36.4 Å². The third-order valence-electron chi connectivity index (χ3n) is 3.72. The van der Waals surface area contributed by atoms with Gasteiger partial charge >= 0.3 is 0 Å². The molecule has 0 spiro atoms. The Morgan fingerprint density at radius 2 is 2.16 bits per heavy atom. The standard InChI is InChI=1S/C18H19ClN4OS/c19-16-6-2-1-5-15(16)18-22-14(12-25-18)11-17(24)21-7-3-4-9-23-10-8-20-13-23/h1-2,5-6,8,10,12-13H,3-4,7,9,11H2,(H,21,24). The summed E-state index contributed by atoms with van der Waals surface area (Å²) in [7, 11) is 0. The van der Waals surface area contributed by atoms with Crippen molar-refractivity contribution in [3.63, 3.8) is 0 Å². The minimum absolute atomic E-state index is 0.00126. The highest BCUT2D eigenvalue weighted by molar-refractivity contribution is 7.13. The van der Waals surface area contributed by atoms with E-state index in [2.05, 4.69) is 15.3 Å². The van der Waals surface area contributed by atoms with Crippen LogP contribution in [0, 0.1) is 0 Å². The number of carbonyl (C=O) groups is 1. The van der Waals surface area contributed by atoms with E-state index in [1.807, 2.05) is 40.4 Å². The van der Waals surface area contributed by atoms with E-state index in [0.29, 0.717) is 18.0 Å². The summed E-state index contributed by atoms with van der Waals surface area (Å²) in [5.74, 6) is -0.00126. The van der Waals surface area contributed by atoms with Crippen molar-refractivity contribution in [1.29, 1.82) is 0 Å². The van der Waals surface area contributed by atoms with E-state index < -0.39 is 0 Å². The van der Waals surface area contributed by atoms with Gasteiger partial charge in [0.1, 0.15) is 5.01 Å². The van der Waals surface area contributed by atoms with Crippen molar-refractivity contribution in [1.82, 2.24) is 19.9 Å². The van der Waals surface area contributed by atoms with E-state index in [1.165, 1.54) is 11.3 Å². The van der Waals surface area contributed by atoms with Gasteiger partial charge in [-0.25, -0.2) is 9.97 Å². The predicted molar refractivity (Wildman–Crippen MR) is 101 cm³/mol. The molecule has 0 saturated heterocycles. The van der Waals surface area contributed by atoms with Crippen molar-refractivity contribution in [2.45, 2.75) is 25.8 Å². The first-order valence-corrected chi connectivity index (χ1v) is 9.40. The molecule has 0 fully saturated rings. The first kappa shape index (κ1) is 17.6. The minimum atomic E-state index is -0.00126. The van der Waals surface area contributed by atoms with Gasteiger partial charge in [0.2, 0.25) is 5.91 Å². The van der Waals surface area contributed by atoms with Crippen LogP contribution < -0.4 is 5.32 Å². The Hall–Kier alpha value is -2.18. The Kier molecular flexibility index (Phi) is 6.19. The zero-order chi connectivity index (χ0) is 17.5. The van der Waals surface area contributed by atoms with Crippen LogP contribution in [-0.4, -0.2) is 27.0 Å². The Morgan fingerprint density at radius 3 is 2.96 bits per heavy atom. The van der Waals surface area contributed by atoms with Crippen molar-refractivity contribution in [3.8, 4) is 10.6 Å². The highest BCUT2D eigenvalue weighted by atomic mass is 35.5. The number of nitrogens with zero attached hydrogens (tertiary/aromatic N) is 3. The highest BCUT2D eigenvalue weighted by Crippen LogP contribution is 2.30. The van der Waals surface area contributed by atoms with E-state index in [1.54, 1.807) is 12.5 Å². The van der Waals surface area contributed by atoms with Crippen molar-refractivity contribution >= 4 is 28.8 Å². The average Bonchev–Trinajstić information content (AvgIpc) is 3.27. The van der Waals surface area contributed by atoms with Crippen LogP contribution in [0.25, 0.3) is 10.6 Å². The topological polar surface area (TPSA) is 59.8 Å². The lowest BCUT2D eigenvalue weighted by Gasteiger charge is -2.05. The Morgan fingerprint density at radius 1 is 1.28 bits per heavy atom. The number of unbranched alkanes of at least 4 members (excludes halogenated alkanes) is 1. The lowest BCUT2D eigenvalue weighted by molar-refractivity contribution is -0.120. The first-order valence-electron chi connectivity index (χ1n) is 8.14. The lowest BCUT2D eigenvalue weighted by Crippen LogP contribution is -2.26. The van der Waals surface area contributed by atoms with Crippen molar-refractivity contribution in [3.05, 3.63) is 59.1 Å². The molecule has 0 saturated carbocycles. The third-order valence-corrected chi connectivity index (χ3v) is 4.98. The van der Waals surface area contributed by atoms with E-state index in [4.69, 9.17) is 11.6 Å². The summed E-state index contributed by atoms with van der Waals surface area (Å²) in [5.41, 5.74) is 1.68. The smallest absolute Gasteiger partial charge is 0.226 e. The fourth-order valence-electron chi connectivity index (χ4n) is 2.44. The molecule has 1 amide bonds. The summed E-state index contributed by atoms with van der Waals surface area (Å²) < 4.78 is 2.04. The number of thiazole rings is 1. The molecule has 2 heterocycles. The molecule has 3 rings (SSSR count). The Bertz CT molecular complexity index is 816. The number of rotatable bonds is 8. The number of carbonyl (C=O) groups excluding carboxylic acids is 1. The van der Waals surface area contributed by atoms with Gasteiger partial charge in [-0.2, -0.15) is 0 Å². The molecule has 0 atom stereocenters. The van der Waals surface area contributed by atoms with E-state index in [0.717, 1.165) is 35.7 Å². The third kappa shape index (κ3) is 5.14. The van der Waals surface area contributed by atoms with Gasteiger partial charge in [0.15, 0.2) is 0 Å². The molecule has 1 aromatic carbocycles. The highest BCUT2D eigenvalue weighted by Gasteiger charge is 2.10. The second-order valence-electron chi connectivity index (χ2n) is 5.66. The molecular weight excluding hydrogens is 356 g/mol. The number of aryl methyl sites for hydroxylation is 1. The van der Waals surface area contributed by atoms with Gasteiger partial charge < -0.3 is 9.88 Å². The van der Waals surface area contributed by atoms with Gasteiger partial charge in [-0.1, -0.05) is 29.8 Å². The zero-order valence-electron chi connectivity index (χ0n) is 13.7. The summed E-state index contributed by atoms with van der Waals surface area (Å²) in [4.78, 5) is 20.6. The predicted octanol–water partition coefficient (Wildman–Crippen LogP) is 3.80. The summed E-state index contributed by atoms with van der Waals surface area (Å²) in [6, 6.07) is 7.60. The summed E-state index contributed by atoms with van der Waals surface area (Å²) in [6.07, 6.45) is 7.75. The normalized spacial score (nSPS) is 10.8. The molecule has 5 nitrogen and oxygen atoms in total. The van der Waals surface area contributed by atoms with Crippen molar-refractivity contribution in [2.75, 3.05) is 6.54 Å². The zero-order valence-corrected chi connectivity index (χ0v) is 15.3. The number of halogens is 1. The largest absolute Gasteiger partial charge is 0.356 e. The van der Waals surface area contributed by atoms with Crippen LogP contribution in [0.1, 0.15) is 18.5 Å². The quantitative estimate of drug-likeness (QED) is 0.610. The number of hydrogen-bond donors (Lipinski definition) is 1. The average molecular weight is 375 g/mol. The molecule has 0 unspecified atom stereocenters. The number of imidazole rings is 1. The number of nitrogens with one attached hydrogen (secondary N) is 1. The molecular formula is C18H19ClN4OS. The summed E-state index contributed by atoms with van der Waals surface area (Å²) >= 11 is 7.70. The Labute approximate surface area is 155 Å². The second-order valence-corrected chi connectivity index (χ2v) is 6.92. The van der Waals surface area contributed by atoms with Crippen LogP contribution >= 0.6 is 22.9 Å². The molecule has 7 heteroatoms. The van der Waals surface area contributed by atoms with Crippen LogP contribution in [-0.2, 0) is 17.8 Å². The van der Waals surface area contributed by atoms with E-state index in [-0.39, 0.29) is 5.91 Å². The van der Waals surface area contributed by atoms with Crippen molar-refractivity contribution < 1.29 is 4.79 Å². The van der Waals surface area contributed by atoms with Crippen LogP contribution in [0.15, 0.2) is 48.4 Å². The summed E-state index contributed by atoms with van der Waals surface area (Å²) in [6.45, 7) is 1.60. The molecule has 25 heavy (non-hydrogen) atoms. The molecule has 130 valence electrons. The summed E-state index contributed by atoms with van der Waals surface area (Å²) in [5, 5.41) is 6.37.